The topological polar surface area (TPSA) is 27.0 Å². The van der Waals surface area contributed by atoms with E-state index < -0.39 is 5.41 Å². The zero-order valence-electron chi connectivity index (χ0n) is 19.0. The normalized spacial score (nSPS) is 16.7. The van der Waals surface area contributed by atoms with E-state index in [4.69, 9.17) is 0 Å². The van der Waals surface area contributed by atoms with Gasteiger partial charge in [0.2, 0.25) is 0 Å². The standard InChI is InChI=1S/C28H37FN2/c1-2-20-31(22-18-24-10-5-3-6-11-24)21-9-19-28(23-30,25-12-7-4-8-13-25)26-14-16-27(29)17-15-26/h3,5-6,10-11,14-17,25H,2,4,7-9,12-13,18-22H2,1H3. The number of nitriles is 1. The minimum Gasteiger partial charge on any atom is -0.303 e. The first kappa shape index (κ1) is 23.5. The molecule has 0 heterocycles. The molecule has 0 saturated heterocycles. The van der Waals surface area contributed by atoms with Crippen molar-refractivity contribution >= 4 is 0 Å². The molecule has 2 nitrogen and oxygen atoms in total. The fourth-order valence-corrected chi connectivity index (χ4v) is 5.30. The Bertz CT molecular complexity index is 805. The average molecular weight is 421 g/mol. The van der Waals surface area contributed by atoms with Gasteiger partial charge in [-0.2, -0.15) is 5.26 Å². The lowest BCUT2D eigenvalue weighted by atomic mass is 9.63. The lowest BCUT2D eigenvalue weighted by Gasteiger charge is -2.38. The molecule has 1 aliphatic carbocycles. The van der Waals surface area contributed by atoms with Gasteiger partial charge in [-0.1, -0.05) is 68.7 Å². The molecule has 1 saturated carbocycles. The minimum absolute atomic E-state index is 0.228. The highest BCUT2D eigenvalue weighted by Crippen LogP contribution is 2.44. The molecule has 1 fully saturated rings. The summed E-state index contributed by atoms with van der Waals surface area (Å²) < 4.78 is 13.6. The highest BCUT2D eigenvalue weighted by molar-refractivity contribution is 5.34. The second-order valence-corrected chi connectivity index (χ2v) is 9.11. The van der Waals surface area contributed by atoms with Crippen molar-refractivity contribution in [2.45, 2.75) is 70.1 Å². The third kappa shape index (κ3) is 6.40. The van der Waals surface area contributed by atoms with Crippen LogP contribution in [-0.2, 0) is 11.8 Å². The lowest BCUT2D eigenvalue weighted by Crippen LogP contribution is -2.37. The van der Waals surface area contributed by atoms with Crippen LogP contribution < -0.4 is 0 Å². The molecule has 0 amide bonds. The zero-order valence-corrected chi connectivity index (χ0v) is 19.0. The Morgan fingerprint density at radius 1 is 0.968 bits per heavy atom. The molecule has 0 aromatic heterocycles. The molecule has 3 heteroatoms. The molecule has 0 aliphatic heterocycles. The van der Waals surface area contributed by atoms with Crippen LogP contribution >= 0.6 is 0 Å². The number of hydrogen-bond donors (Lipinski definition) is 0. The first-order chi connectivity index (χ1) is 15.2. The predicted molar refractivity (Wildman–Crippen MR) is 126 cm³/mol. The van der Waals surface area contributed by atoms with E-state index in [1.807, 2.05) is 12.1 Å². The lowest BCUT2D eigenvalue weighted by molar-refractivity contribution is 0.215. The summed E-state index contributed by atoms with van der Waals surface area (Å²) in [6.07, 6.45) is 9.94. The fraction of sp³-hybridized carbons (Fsp3) is 0.536. The maximum Gasteiger partial charge on any atom is 0.123 e. The Morgan fingerprint density at radius 3 is 2.32 bits per heavy atom. The third-order valence-corrected chi connectivity index (χ3v) is 7.01. The number of nitrogens with zero attached hydrogens (tertiary/aromatic N) is 2. The third-order valence-electron chi connectivity index (χ3n) is 7.01. The van der Waals surface area contributed by atoms with Crippen molar-refractivity contribution in [1.82, 2.24) is 4.90 Å². The largest absolute Gasteiger partial charge is 0.303 e. The van der Waals surface area contributed by atoms with Crippen LogP contribution in [0.5, 0.6) is 0 Å². The summed E-state index contributed by atoms with van der Waals surface area (Å²) in [5.74, 6) is 0.148. The van der Waals surface area contributed by atoms with E-state index in [0.29, 0.717) is 5.92 Å². The van der Waals surface area contributed by atoms with Gasteiger partial charge in [0.25, 0.3) is 0 Å². The smallest absolute Gasteiger partial charge is 0.123 e. The van der Waals surface area contributed by atoms with Crippen LogP contribution in [0.25, 0.3) is 0 Å². The van der Waals surface area contributed by atoms with Gasteiger partial charge in [-0.15, -0.1) is 0 Å². The van der Waals surface area contributed by atoms with Crippen LogP contribution in [0.1, 0.15) is 69.4 Å². The van der Waals surface area contributed by atoms with Crippen LogP contribution in [0.15, 0.2) is 54.6 Å². The SMILES string of the molecule is CCCN(CCCC(C#N)(c1ccc(F)cc1)C1CCCCC1)CCc1ccccc1. The predicted octanol–water partition coefficient (Wildman–Crippen LogP) is 6.90. The number of benzene rings is 2. The second-order valence-electron chi connectivity index (χ2n) is 9.11. The maximum atomic E-state index is 13.6. The summed E-state index contributed by atoms with van der Waals surface area (Å²) in [5.41, 5.74) is 1.89. The van der Waals surface area contributed by atoms with Crippen molar-refractivity contribution in [3.8, 4) is 6.07 Å². The van der Waals surface area contributed by atoms with Crippen LogP contribution in [0.2, 0.25) is 0 Å². The summed E-state index contributed by atoms with van der Waals surface area (Å²) in [5, 5.41) is 10.4. The van der Waals surface area contributed by atoms with Crippen LogP contribution in [0, 0.1) is 23.1 Å². The summed E-state index contributed by atoms with van der Waals surface area (Å²) in [6.45, 7) is 5.39. The Morgan fingerprint density at radius 2 is 1.68 bits per heavy atom. The second kappa shape index (κ2) is 12.0. The van der Waals surface area contributed by atoms with Crippen molar-refractivity contribution in [1.29, 1.82) is 5.26 Å². The summed E-state index contributed by atoms with van der Waals surface area (Å²) in [6, 6.07) is 20.2. The number of halogens is 1. The molecule has 0 bridgehead atoms. The van der Waals surface area contributed by atoms with Crippen LogP contribution in [0.3, 0.4) is 0 Å². The van der Waals surface area contributed by atoms with Gasteiger partial charge in [0.05, 0.1) is 11.5 Å². The van der Waals surface area contributed by atoms with Gasteiger partial charge in [-0.3, -0.25) is 0 Å². The van der Waals surface area contributed by atoms with Crippen molar-refractivity contribution < 1.29 is 4.39 Å². The van der Waals surface area contributed by atoms with Gasteiger partial charge in [0.1, 0.15) is 5.82 Å². The molecule has 2 aromatic rings. The number of hydrogen-bond acceptors (Lipinski definition) is 2. The zero-order chi connectivity index (χ0) is 21.9. The molecule has 0 radical (unpaired) electrons. The average Bonchev–Trinajstić information content (AvgIpc) is 2.82. The molecule has 0 spiro atoms. The Balaban J connectivity index is 1.68. The molecular weight excluding hydrogens is 383 g/mol. The van der Waals surface area contributed by atoms with E-state index in [-0.39, 0.29) is 5.82 Å². The fourth-order valence-electron chi connectivity index (χ4n) is 5.30. The van der Waals surface area contributed by atoms with Gasteiger partial charge in [0.15, 0.2) is 0 Å². The quantitative estimate of drug-likeness (QED) is 0.395. The van der Waals surface area contributed by atoms with Gasteiger partial charge < -0.3 is 4.90 Å². The van der Waals surface area contributed by atoms with E-state index in [9.17, 15) is 9.65 Å². The van der Waals surface area contributed by atoms with Gasteiger partial charge in [-0.05, 0) is 80.8 Å². The van der Waals surface area contributed by atoms with E-state index in [1.54, 1.807) is 0 Å². The summed E-state index contributed by atoms with van der Waals surface area (Å²) in [7, 11) is 0. The molecule has 1 aliphatic rings. The molecular formula is C28H37FN2. The summed E-state index contributed by atoms with van der Waals surface area (Å²) in [4.78, 5) is 2.54. The van der Waals surface area contributed by atoms with Gasteiger partial charge in [-0.25, -0.2) is 4.39 Å². The van der Waals surface area contributed by atoms with E-state index >= 15 is 0 Å². The van der Waals surface area contributed by atoms with Gasteiger partial charge in [0, 0.05) is 6.54 Å². The molecule has 1 unspecified atom stereocenters. The van der Waals surface area contributed by atoms with Gasteiger partial charge >= 0.3 is 0 Å². The molecule has 2 aromatic carbocycles. The van der Waals surface area contributed by atoms with E-state index in [0.717, 1.165) is 63.7 Å². The van der Waals surface area contributed by atoms with Crippen molar-refractivity contribution in [2.75, 3.05) is 19.6 Å². The molecule has 1 atom stereocenters. The monoisotopic (exact) mass is 420 g/mol. The van der Waals surface area contributed by atoms with E-state index in [2.05, 4.69) is 48.2 Å². The number of rotatable bonds is 11. The summed E-state index contributed by atoms with van der Waals surface area (Å²) >= 11 is 0. The first-order valence-corrected chi connectivity index (χ1v) is 12.1. The molecule has 0 N–H and O–H groups in total. The Kier molecular flexibility index (Phi) is 9.10. The maximum absolute atomic E-state index is 13.6. The molecule has 166 valence electrons. The van der Waals surface area contributed by atoms with Crippen molar-refractivity contribution in [3.63, 3.8) is 0 Å². The van der Waals surface area contributed by atoms with Crippen molar-refractivity contribution in [2.24, 2.45) is 5.92 Å². The van der Waals surface area contributed by atoms with Crippen LogP contribution in [0.4, 0.5) is 4.39 Å². The Labute approximate surface area is 188 Å². The van der Waals surface area contributed by atoms with Crippen molar-refractivity contribution in [3.05, 3.63) is 71.5 Å². The molecule has 31 heavy (non-hydrogen) atoms. The first-order valence-electron chi connectivity index (χ1n) is 12.1. The highest BCUT2D eigenvalue weighted by atomic mass is 19.1. The highest BCUT2D eigenvalue weighted by Gasteiger charge is 2.40. The van der Waals surface area contributed by atoms with E-state index in [1.165, 1.54) is 37.0 Å². The van der Waals surface area contributed by atoms with Crippen LogP contribution in [-0.4, -0.2) is 24.5 Å². The Hall–Kier alpha value is -2.18. The molecule has 3 rings (SSSR count). The minimum atomic E-state index is -0.495.